The topological polar surface area (TPSA) is 75.7 Å². The van der Waals surface area contributed by atoms with E-state index in [9.17, 15) is 13.2 Å². The standard InChI is InChI=1S/C23H28Cl2N2O4S/c1-31-21-6-2-4-17(14-21)5-3-11-26-23(28)18-9-12-27(13-10-18)32(29,30)16-19-7-8-20(24)15-22(19)25/h2,4,6-8,14-15,18H,3,5,9-13,16H2,1H3,(H,26,28). The Morgan fingerprint density at radius 1 is 1.16 bits per heavy atom. The maximum Gasteiger partial charge on any atom is 0.223 e. The largest absolute Gasteiger partial charge is 0.497 e. The van der Waals surface area contributed by atoms with Gasteiger partial charge in [-0.2, -0.15) is 0 Å². The zero-order chi connectivity index (χ0) is 23.1. The Morgan fingerprint density at radius 3 is 2.59 bits per heavy atom. The fourth-order valence-electron chi connectivity index (χ4n) is 3.80. The van der Waals surface area contributed by atoms with E-state index >= 15 is 0 Å². The lowest BCUT2D eigenvalue weighted by atomic mass is 9.97. The van der Waals surface area contributed by atoms with Crippen LogP contribution in [-0.2, 0) is 27.0 Å². The minimum absolute atomic E-state index is 0.00608. The lowest BCUT2D eigenvalue weighted by Crippen LogP contribution is -2.43. The number of carbonyl (C=O) groups is 1. The Bertz CT molecular complexity index is 1040. The predicted octanol–water partition coefficient (Wildman–Crippen LogP) is 4.29. The Hall–Kier alpha value is -1.80. The van der Waals surface area contributed by atoms with E-state index in [1.165, 1.54) is 4.31 Å². The average molecular weight is 499 g/mol. The van der Waals surface area contributed by atoms with Crippen molar-refractivity contribution in [1.29, 1.82) is 0 Å². The third-order valence-corrected chi connectivity index (χ3v) is 8.06. The summed E-state index contributed by atoms with van der Waals surface area (Å²) >= 11 is 12.0. The molecule has 0 spiro atoms. The summed E-state index contributed by atoms with van der Waals surface area (Å²) < 4.78 is 32.2. The van der Waals surface area contributed by atoms with E-state index in [1.54, 1.807) is 25.3 Å². The molecule has 0 unspecified atom stereocenters. The van der Waals surface area contributed by atoms with E-state index in [0.717, 1.165) is 24.2 Å². The number of ether oxygens (including phenoxy) is 1. The molecule has 6 nitrogen and oxygen atoms in total. The smallest absolute Gasteiger partial charge is 0.223 e. The van der Waals surface area contributed by atoms with Crippen LogP contribution in [0.3, 0.4) is 0 Å². The van der Waals surface area contributed by atoms with Crippen molar-refractivity contribution in [2.24, 2.45) is 5.92 Å². The molecule has 0 bridgehead atoms. The number of rotatable bonds is 9. The van der Waals surface area contributed by atoms with Crippen molar-refractivity contribution in [3.8, 4) is 5.75 Å². The second-order valence-electron chi connectivity index (χ2n) is 7.91. The fourth-order valence-corrected chi connectivity index (χ4v) is 5.95. The van der Waals surface area contributed by atoms with Crippen LogP contribution < -0.4 is 10.1 Å². The summed E-state index contributed by atoms with van der Waals surface area (Å²) in [6.45, 7) is 1.24. The first-order valence-corrected chi connectivity index (χ1v) is 13.0. The number of nitrogens with zero attached hydrogens (tertiary/aromatic N) is 1. The molecular formula is C23H28Cl2N2O4S. The van der Waals surface area contributed by atoms with Crippen LogP contribution >= 0.6 is 23.2 Å². The Labute approximate surface area is 199 Å². The summed E-state index contributed by atoms with van der Waals surface area (Å²) in [7, 11) is -1.87. The Kier molecular flexibility index (Phi) is 8.82. The number of benzene rings is 2. The normalized spacial score (nSPS) is 15.5. The van der Waals surface area contributed by atoms with Crippen molar-refractivity contribution in [2.75, 3.05) is 26.7 Å². The number of sulfonamides is 1. The van der Waals surface area contributed by atoms with Gasteiger partial charge in [0, 0.05) is 35.6 Å². The zero-order valence-corrected chi connectivity index (χ0v) is 20.3. The molecule has 1 aliphatic rings. The number of amides is 1. The van der Waals surface area contributed by atoms with Crippen LogP contribution in [0.15, 0.2) is 42.5 Å². The van der Waals surface area contributed by atoms with Gasteiger partial charge in [0.05, 0.1) is 12.9 Å². The van der Waals surface area contributed by atoms with Crippen molar-refractivity contribution >= 4 is 39.1 Å². The van der Waals surface area contributed by atoms with Gasteiger partial charge in [0.2, 0.25) is 15.9 Å². The molecule has 0 saturated carbocycles. The van der Waals surface area contributed by atoms with Gasteiger partial charge in [-0.05, 0) is 61.1 Å². The van der Waals surface area contributed by atoms with Crippen molar-refractivity contribution in [3.63, 3.8) is 0 Å². The third kappa shape index (κ3) is 6.85. The van der Waals surface area contributed by atoms with Crippen molar-refractivity contribution in [2.45, 2.75) is 31.4 Å². The van der Waals surface area contributed by atoms with Crippen LogP contribution in [0.4, 0.5) is 0 Å². The minimum Gasteiger partial charge on any atom is -0.497 e. The predicted molar refractivity (Wildman–Crippen MR) is 128 cm³/mol. The van der Waals surface area contributed by atoms with Crippen LogP contribution in [-0.4, -0.2) is 45.4 Å². The number of methoxy groups -OCH3 is 1. The van der Waals surface area contributed by atoms with Gasteiger partial charge >= 0.3 is 0 Å². The van der Waals surface area contributed by atoms with Gasteiger partial charge in [-0.1, -0.05) is 41.4 Å². The highest BCUT2D eigenvalue weighted by atomic mass is 35.5. The van der Waals surface area contributed by atoms with E-state index < -0.39 is 10.0 Å². The first-order valence-electron chi connectivity index (χ1n) is 10.6. The minimum atomic E-state index is -3.51. The second kappa shape index (κ2) is 11.4. The highest BCUT2D eigenvalue weighted by Crippen LogP contribution is 2.26. The molecule has 3 rings (SSSR count). The lowest BCUT2D eigenvalue weighted by molar-refractivity contribution is -0.126. The summed E-state index contributed by atoms with van der Waals surface area (Å²) in [5.41, 5.74) is 1.69. The first-order chi connectivity index (χ1) is 15.3. The molecule has 1 fully saturated rings. The van der Waals surface area contributed by atoms with Crippen LogP contribution in [0.2, 0.25) is 10.0 Å². The van der Waals surface area contributed by atoms with Crippen molar-refractivity contribution < 1.29 is 17.9 Å². The molecule has 0 radical (unpaired) electrons. The molecule has 9 heteroatoms. The molecule has 0 aromatic heterocycles. The van der Waals surface area contributed by atoms with E-state index in [-0.39, 0.29) is 17.6 Å². The van der Waals surface area contributed by atoms with Gasteiger partial charge in [0.15, 0.2) is 0 Å². The van der Waals surface area contributed by atoms with Gasteiger partial charge in [-0.15, -0.1) is 0 Å². The summed E-state index contributed by atoms with van der Waals surface area (Å²) in [5.74, 6) is 0.474. The van der Waals surface area contributed by atoms with Crippen LogP contribution in [0.25, 0.3) is 0 Å². The van der Waals surface area contributed by atoms with Crippen molar-refractivity contribution in [1.82, 2.24) is 9.62 Å². The highest BCUT2D eigenvalue weighted by molar-refractivity contribution is 7.88. The second-order valence-corrected chi connectivity index (χ2v) is 10.7. The number of piperidine rings is 1. The third-order valence-electron chi connectivity index (χ3n) is 5.65. The SMILES string of the molecule is COc1cccc(CCCNC(=O)C2CCN(S(=O)(=O)Cc3ccc(Cl)cc3Cl)CC2)c1. The van der Waals surface area contributed by atoms with Crippen LogP contribution in [0, 0.1) is 5.92 Å². The van der Waals surface area contributed by atoms with Gasteiger partial charge in [0.25, 0.3) is 0 Å². The van der Waals surface area contributed by atoms with Gasteiger partial charge in [0.1, 0.15) is 5.75 Å². The van der Waals surface area contributed by atoms with E-state index in [2.05, 4.69) is 5.32 Å². The molecule has 174 valence electrons. The molecule has 0 aliphatic carbocycles. The molecular weight excluding hydrogens is 471 g/mol. The number of carbonyl (C=O) groups excluding carboxylic acids is 1. The summed E-state index contributed by atoms with van der Waals surface area (Å²) in [6, 6.07) is 12.7. The number of halogens is 2. The average Bonchev–Trinajstić information content (AvgIpc) is 2.78. The van der Waals surface area contributed by atoms with Gasteiger partial charge in [-0.25, -0.2) is 12.7 Å². The molecule has 0 atom stereocenters. The molecule has 1 N–H and O–H groups in total. The van der Waals surface area contributed by atoms with Crippen LogP contribution in [0.1, 0.15) is 30.4 Å². The van der Waals surface area contributed by atoms with Gasteiger partial charge in [-0.3, -0.25) is 4.79 Å². The van der Waals surface area contributed by atoms with Crippen molar-refractivity contribution in [3.05, 3.63) is 63.6 Å². The summed E-state index contributed by atoms with van der Waals surface area (Å²) in [4.78, 5) is 12.5. The molecule has 1 heterocycles. The molecule has 32 heavy (non-hydrogen) atoms. The quantitative estimate of drug-likeness (QED) is 0.523. The highest BCUT2D eigenvalue weighted by Gasteiger charge is 2.31. The molecule has 1 amide bonds. The van der Waals surface area contributed by atoms with E-state index in [1.807, 2.05) is 24.3 Å². The zero-order valence-electron chi connectivity index (χ0n) is 18.0. The summed E-state index contributed by atoms with van der Waals surface area (Å²) in [5, 5.41) is 3.79. The van der Waals surface area contributed by atoms with E-state index in [0.29, 0.717) is 48.1 Å². The fraction of sp³-hybridized carbons (Fsp3) is 0.435. The maximum absolute atomic E-state index is 12.8. The number of nitrogens with one attached hydrogen (secondary N) is 1. The Balaban J connectivity index is 1.42. The lowest BCUT2D eigenvalue weighted by Gasteiger charge is -2.30. The molecule has 2 aromatic carbocycles. The van der Waals surface area contributed by atoms with Crippen LogP contribution in [0.5, 0.6) is 5.75 Å². The molecule has 2 aromatic rings. The Morgan fingerprint density at radius 2 is 1.91 bits per heavy atom. The van der Waals surface area contributed by atoms with Gasteiger partial charge < -0.3 is 10.1 Å². The maximum atomic E-state index is 12.8. The molecule has 1 saturated heterocycles. The van der Waals surface area contributed by atoms with E-state index in [4.69, 9.17) is 27.9 Å². The first kappa shape index (κ1) is 24.8. The number of hydrogen-bond donors (Lipinski definition) is 1. The number of aryl methyl sites for hydroxylation is 1. The molecule has 1 aliphatic heterocycles. The monoisotopic (exact) mass is 498 g/mol. The number of hydrogen-bond acceptors (Lipinski definition) is 4. The summed E-state index contributed by atoms with van der Waals surface area (Å²) in [6.07, 6.45) is 2.69.